The van der Waals surface area contributed by atoms with Crippen molar-refractivity contribution in [1.29, 1.82) is 0 Å². The van der Waals surface area contributed by atoms with Crippen LogP contribution in [0.5, 0.6) is 0 Å². The first-order chi connectivity index (χ1) is 38.5. The fourth-order valence-electron chi connectivity index (χ4n) is 9.05. The summed E-state index contributed by atoms with van der Waals surface area (Å²) in [7, 11) is 0. The first-order valence-corrected chi connectivity index (χ1v) is 32.9. The number of rotatable bonds is 59. The van der Waals surface area contributed by atoms with Crippen molar-refractivity contribution in [2.24, 2.45) is 0 Å². The Kier molecular flexibility index (Phi) is 62.3. The molecule has 6 heteroatoms. The van der Waals surface area contributed by atoms with E-state index in [1.54, 1.807) is 0 Å². The largest absolute Gasteiger partial charge is 0.462 e. The van der Waals surface area contributed by atoms with Gasteiger partial charge in [-0.1, -0.05) is 278 Å². The number of carbonyl (C=O) groups is 3. The van der Waals surface area contributed by atoms with Crippen LogP contribution in [0.4, 0.5) is 0 Å². The zero-order valence-corrected chi connectivity index (χ0v) is 51.2. The Bertz CT molecular complexity index is 1570. The maximum Gasteiger partial charge on any atom is 0.306 e. The van der Waals surface area contributed by atoms with Crippen molar-refractivity contribution < 1.29 is 28.6 Å². The summed E-state index contributed by atoms with van der Waals surface area (Å²) < 4.78 is 16.9. The Morgan fingerprint density at radius 1 is 0.269 bits per heavy atom. The van der Waals surface area contributed by atoms with Crippen molar-refractivity contribution >= 4 is 17.9 Å². The molecule has 6 nitrogen and oxygen atoms in total. The van der Waals surface area contributed by atoms with Gasteiger partial charge in [-0.15, -0.1) is 0 Å². The molecule has 0 radical (unpaired) electrons. The topological polar surface area (TPSA) is 78.9 Å². The van der Waals surface area contributed by atoms with Gasteiger partial charge in [-0.05, 0) is 122 Å². The second-order valence-corrected chi connectivity index (χ2v) is 21.6. The predicted octanol–water partition coefficient (Wildman–Crippen LogP) is 22.6. The van der Waals surface area contributed by atoms with Gasteiger partial charge >= 0.3 is 17.9 Å². The van der Waals surface area contributed by atoms with Gasteiger partial charge in [0, 0.05) is 19.3 Å². The highest BCUT2D eigenvalue weighted by molar-refractivity contribution is 5.71. The van der Waals surface area contributed by atoms with Crippen LogP contribution in [0, 0.1) is 0 Å². The van der Waals surface area contributed by atoms with Gasteiger partial charge in [0.2, 0.25) is 0 Å². The lowest BCUT2D eigenvalue weighted by Gasteiger charge is -2.18. The summed E-state index contributed by atoms with van der Waals surface area (Å²) in [6.45, 7) is 6.48. The molecule has 0 aromatic heterocycles. The molecular weight excluding hydrogens is 961 g/mol. The average molecular weight is 1080 g/mol. The molecule has 0 aliphatic carbocycles. The summed E-state index contributed by atoms with van der Waals surface area (Å²) in [4.78, 5) is 38.4. The maximum absolute atomic E-state index is 12.9. The Labute approximate surface area is 482 Å². The van der Waals surface area contributed by atoms with E-state index >= 15 is 0 Å². The third-order valence-electron chi connectivity index (χ3n) is 14.0. The average Bonchev–Trinajstić information content (AvgIpc) is 3.44. The summed E-state index contributed by atoms with van der Waals surface area (Å²) in [6, 6.07) is 0. The van der Waals surface area contributed by atoms with Gasteiger partial charge in [-0.2, -0.15) is 0 Å². The van der Waals surface area contributed by atoms with Crippen molar-refractivity contribution in [2.45, 2.75) is 316 Å². The normalized spacial score (nSPS) is 12.8. The molecule has 78 heavy (non-hydrogen) atoms. The summed E-state index contributed by atoms with van der Waals surface area (Å²) in [5.41, 5.74) is 0. The fourth-order valence-corrected chi connectivity index (χ4v) is 9.05. The van der Waals surface area contributed by atoms with E-state index in [-0.39, 0.29) is 31.1 Å². The van der Waals surface area contributed by atoms with Crippen LogP contribution >= 0.6 is 0 Å². The first kappa shape index (κ1) is 74.1. The van der Waals surface area contributed by atoms with E-state index in [1.165, 1.54) is 135 Å². The molecule has 0 aromatic rings. The van der Waals surface area contributed by atoms with Crippen molar-refractivity contribution in [3.05, 3.63) is 109 Å². The van der Waals surface area contributed by atoms with Gasteiger partial charge in [0.1, 0.15) is 13.2 Å². The maximum atomic E-state index is 12.9. The van der Waals surface area contributed by atoms with E-state index in [0.29, 0.717) is 19.3 Å². The monoisotopic (exact) mass is 1080 g/mol. The predicted molar refractivity (Wildman–Crippen MR) is 339 cm³/mol. The molecule has 0 saturated heterocycles. The molecule has 0 N–H and O–H groups in total. The molecule has 0 aliphatic heterocycles. The van der Waals surface area contributed by atoms with E-state index in [1.807, 2.05) is 0 Å². The molecule has 0 saturated carbocycles. The molecule has 446 valence electrons. The van der Waals surface area contributed by atoms with Crippen molar-refractivity contribution in [1.82, 2.24) is 0 Å². The highest BCUT2D eigenvalue weighted by atomic mass is 16.6. The lowest BCUT2D eigenvalue weighted by Crippen LogP contribution is -2.30. The summed E-state index contributed by atoms with van der Waals surface area (Å²) >= 11 is 0. The number of carbonyl (C=O) groups excluding carboxylic acids is 3. The Hall–Kier alpha value is -3.93. The van der Waals surface area contributed by atoms with Crippen molar-refractivity contribution in [3.8, 4) is 0 Å². The van der Waals surface area contributed by atoms with E-state index in [0.717, 1.165) is 135 Å². The number of unbranched alkanes of at least 4 members (excludes halogenated alkanes) is 30. The minimum atomic E-state index is -0.798. The molecular formula is C72H122O6. The molecule has 0 bridgehead atoms. The number of hydrogen-bond acceptors (Lipinski definition) is 6. The highest BCUT2D eigenvalue weighted by Crippen LogP contribution is 2.16. The Balaban J connectivity index is 4.41. The zero-order chi connectivity index (χ0) is 56.4. The molecule has 0 aliphatic rings. The molecule has 0 fully saturated rings. The van der Waals surface area contributed by atoms with E-state index in [9.17, 15) is 14.4 Å². The van der Waals surface area contributed by atoms with Crippen molar-refractivity contribution in [3.63, 3.8) is 0 Å². The van der Waals surface area contributed by atoms with E-state index in [2.05, 4.69) is 130 Å². The SMILES string of the molecule is CC/C=C\C/C=C\C/C=C\C/C=C\C/C=C\C/C=C\CCCCCCC(=O)OCC(COC(=O)CCCCCCC/C=C\C/C=C\CCCC)OC(=O)CCCCCCCCCCCCC/C=C\CCCCCCCCCC. The Morgan fingerprint density at radius 3 is 0.833 bits per heavy atom. The minimum Gasteiger partial charge on any atom is -0.462 e. The van der Waals surface area contributed by atoms with Crippen LogP contribution < -0.4 is 0 Å². The molecule has 0 heterocycles. The van der Waals surface area contributed by atoms with Crippen LogP contribution in [-0.2, 0) is 28.6 Å². The number of ether oxygens (including phenoxy) is 3. The Morgan fingerprint density at radius 2 is 0.513 bits per heavy atom. The molecule has 0 amide bonds. The quantitative estimate of drug-likeness (QED) is 0.0261. The lowest BCUT2D eigenvalue weighted by molar-refractivity contribution is -0.167. The van der Waals surface area contributed by atoms with Gasteiger partial charge < -0.3 is 14.2 Å². The summed E-state index contributed by atoms with van der Waals surface area (Å²) in [5.74, 6) is -0.925. The number of esters is 3. The molecule has 0 aromatic carbocycles. The minimum absolute atomic E-state index is 0.0942. The van der Waals surface area contributed by atoms with Crippen molar-refractivity contribution in [2.75, 3.05) is 13.2 Å². The third-order valence-corrected chi connectivity index (χ3v) is 14.0. The molecule has 1 atom stereocenters. The fraction of sp³-hybridized carbons (Fsp3) is 0.708. The third kappa shape index (κ3) is 62.9. The molecule has 1 unspecified atom stereocenters. The van der Waals surface area contributed by atoms with Crippen LogP contribution in [0.1, 0.15) is 310 Å². The van der Waals surface area contributed by atoms with Crippen LogP contribution in [0.2, 0.25) is 0 Å². The zero-order valence-electron chi connectivity index (χ0n) is 51.2. The van der Waals surface area contributed by atoms with E-state index < -0.39 is 6.10 Å². The summed E-state index contributed by atoms with van der Waals surface area (Å²) in [5, 5.41) is 0. The smallest absolute Gasteiger partial charge is 0.306 e. The second kappa shape index (κ2) is 65.6. The van der Waals surface area contributed by atoms with Crippen LogP contribution in [-0.4, -0.2) is 37.2 Å². The lowest BCUT2D eigenvalue weighted by atomic mass is 10.0. The van der Waals surface area contributed by atoms with Crippen LogP contribution in [0.25, 0.3) is 0 Å². The highest BCUT2D eigenvalue weighted by Gasteiger charge is 2.19. The molecule has 0 spiro atoms. The second-order valence-electron chi connectivity index (χ2n) is 21.6. The molecule has 0 rings (SSSR count). The van der Waals surface area contributed by atoms with Gasteiger partial charge in [-0.3, -0.25) is 14.4 Å². The van der Waals surface area contributed by atoms with Gasteiger partial charge in [0.15, 0.2) is 6.10 Å². The number of allylic oxidation sites excluding steroid dienone is 18. The van der Waals surface area contributed by atoms with Gasteiger partial charge in [0.25, 0.3) is 0 Å². The summed E-state index contributed by atoms with van der Waals surface area (Å²) in [6.07, 6.45) is 89.5. The first-order valence-electron chi connectivity index (χ1n) is 32.9. The van der Waals surface area contributed by atoms with Crippen LogP contribution in [0.3, 0.4) is 0 Å². The standard InChI is InChI=1S/C72H122O6/c1-4-7-10-13-16-19-22-25-28-30-32-34-36-38-40-42-44-47-50-53-56-59-62-65-71(74)77-68-69(67-76-70(73)64-61-58-55-52-49-46-27-24-21-18-15-12-9-6-3)78-72(75)66-63-60-57-54-51-48-45-43-41-39-37-35-33-31-29-26-23-20-17-14-11-8-5-2/h7,10,15-16,18-19,24-25,27-28,31-34,38,40,44,47,69H,4-6,8-9,11-14,17,20-23,26,29-30,35-37,39,41-43,45-46,48-68H2,1-3H3/b10-7-,18-15-,19-16-,27-24-,28-25-,33-31-,34-32-,40-38-,47-44-. The van der Waals surface area contributed by atoms with E-state index in [4.69, 9.17) is 14.2 Å². The van der Waals surface area contributed by atoms with Crippen LogP contribution in [0.15, 0.2) is 109 Å². The van der Waals surface area contributed by atoms with Gasteiger partial charge in [0.05, 0.1) is 0 Å². The number of hydrogen-bond donors (Lipinski definition) is 0. The van der Waals surface area contributed by atoms with Gasteiger partial charge in [-0.25, -0.2) is 0 Å².